The van der Waals surface area contributed by atoms with Crippen LogP contribution in [0.15, 0.2) is 30.5 Å². The Morgan fingerprint density at radius 2 is 1.89 bits per heavy atom. The quantitative estimate of drug-likeness (QED) is 0.617. The van der Waals surface area contributed by atoms with Crippen LogP contribution in [0.2, 0.25) is 0 Å². The van der Waals surface area contributed by atoms with Crippen LogP contribution in [-0.2, 0) is 6.18 Å². The molecule has 190 valence electrons. The summed E-state index contributed by atoms with van der Waals surface area (Å²) in [5.41, 5.74) is 2.64. The predicted molar refractivity (Wildman–Crippen MR) is 125 cm³/mol. The van der Waals surface area contributed by atoms with Crippen LogP contribution >= 0.6 is 0 Å². The molecular weight excluding hydrogens is 459 g/mol. The van der Waals surface area contributed by atoms with Gasteiger partial charge in [-0.1, -0.05) is 6.07 Å². The molecule has 2 fully saturated rings. The Morgan fingerprint density at radius 3 is 2.46 bits per heavy atom. The molecule has 0 spiro atoms. The third-order valence-electron chi connectivity index (χ3n) is 7.36. The minimum Gasteiger partial charge on any atom is -0.493 e. The lowest BCUT2D eigenvalue weighted by Crippen LogP contribution is -2.49. The minimum atomic E-state index is -4.52. The van der Waals surface area contributed by atoms with Crippen LogP contribution in [0, 0.1) is 13.8 Å². The molecule has 2 saturated heterocycles. The Bertz CT molecular complexity index is 1070. The van der Waals surface area contributed by atoms with Crippen molar-refractivity contribution in [2.24, 2.45) is 0 Å². The average molecular weight is 492 g/mol. The number of pyridine rings is 1. The van der Waals surface area contributed by atoms with E-state index < -0.39 is 18.0 Å². The Kier molecular flexibility index (Phi) is 7.11. The molecule has 1 aromatic carbocycles. The molecule has 2 aromatic rings. The summed E-state index contributed by atoms with van der Waals surface area (Å²) in [4.78, 5) is 20.6. The number of fused-ring (bicyclic) bond motifs is 2. The molecule has 0 saturated carbocycles. The van der Waals surface area contributed by atoms with Gasteiger partial charge in [0, 0.05) is 43.8 Å². The Hall–Kier alpha value is -2.65. The van der Waals surface area contributed by atoms with Gasteiger partial charge in [0.25, 0.3) is 5.91 Å². The molecule has 2 aliphatic rings. The van der Waals surface area contributed by atoms with E-state index >= 15 is 0 Å². The van der Waals surface area contributed by atoms with Gasteiger partial charge in [0.2, 0.25) is 0 Å². The first-order chi connectivity index (χ1) is 16.5. The normalized spacial score (nSPS) is 21.9. The first-order valence-electron chi connectivity index (χ1n) is 12.0. The maximum atomic E-state index is 13.0. The van der Waals surface area contributed by atoms with Crippen LogP contribution in [0.5, 0.6) is 5.75 Å². The number of hydrogen-bond donors (Lipinski definition) is 1. The van der Waals surface area contributed by atoms with Crippen molar-refractivity contribution in [1.82, 2.24) is 14.8 Å². The molecular formula is C26H32F3N3O3. The number of alkyl halides is 3. The number of piperazine rings is 1. The highest BCUT2D eigenvalue weighted by Crippen LogP contribution is 2.39. The average Bonchev–Trinajstić information content (AvgIpc) is 3.41. The lowest BCUT2D eigenvalue weighted by Gasteiger charge is -2.38. The summed E-state index contributed by atoms with van der Waals surface area (Å²) in [5.74, 6) is 0.556. The van der Waals surface area contributed by atoms with Crippen LogP contribution in [0.3, 0.4) is 0 Å². The summed E-state index contributed by atoms with van der Waals surface area (Å²) in [6, 6.07) is 6.52. The van der Waals surface area contributed by atoms with Crippen molar-refractivity contribution in [3.05, 3.63) is 58.4 Å². The standard InChI is InChI=1S/C26H32F3N3O3/c1-15(33)9-10-35-23-7-6-22(16(2)17(23)3)18(4)31-13-21-11-20(31)14-32(21)25(34)19-5-8-24(30-12-19)26(27,28)29/h5-8,12,15,18,20-21,33H,9-11,13-14H2,1-4H3/t15-,18+,20+,21+/m1/s1. The van der Waals surface area contributed by atoms with Gasteiger partial charge in [0.15, 0.2) is 0 Å². The van der Waals surface area contributed by atoms with Gasteiger partial charge >= 0.3 is 6.18 Å². The number of aliphatic hydroxyl groups excluding tert-OH is 1. The summed E-state index contributed by atoms with van der Waals surface area (Å²) in [6.07, 6.45) is -2.48. The fourth-order valence-electron chi connectivity index (χ4n) is 5.22. The topological polar surface area (TPSA) is 65.9 Å². The van der Waals surface area contributed by atoms with Crippen LogP contribution < -0.4 is 4.74 Å². The molecule has 6 nitrogen and oxygen atoms in total. The van der Waals surface area contributed by atoms with Gasteiger partial charge < -0.3 is 14.7 Å². The Morgan fingerprint density at radius 1 is 1.14 bits per heavy atom. The van der Waals surface area contributed by atoms with E-state index in [1.165, 1.54) is 17.2 Å². The zero-order valence-corrected chi connectivity index (χ0v) is 20.5. The molecule has 1 amide bonds. The number of ether oxygens (including phenoxy) is 1. The largest absolute Gasteiger partial charge is 0.493 e. The monoisotopic (exact) mass is 491 g/mol. The molecule has 9 heteroatoms. The Balaban J connectivity index is 1.41. The van der Waals surface area contributed by atoms with E-state index in [2.05, 4.69) is 29.8 Å². The van der Waals surface area contributed by atoms with Crippen LogP contribution in [0.25, 0.3) is 0 Å². The lowest BCUT2D eigenvalue weighted by atomic mass is 9.96. The maximum absolute atomic E-state index is 13.0. The van der Waals surface area contributed by atoms with Gasteiger partial charge in [-0.2, -0.15) is 13.2 Å². The second-order valence-corrected chi connectivity index (χ2v) is 9.69. The molecule has 2 aliphatic heterocycles. The van der Waals surface area contributed by atoms with Crippen molar-refractivity contribution < 1.29 is 27.8 Å². The van der Waals surface area contributed by atoms with E-state index in [0.717, 1.165) is 36.5 Å². The van der Waals surface area contributed by atoms with E-state index in [-0.39, 0.29) is 29.6 Å². The highest BCUT2D eigenvalue weighted by Gasteiger charge is 2.47. The second kappa shape index (κ2) is 9.78. The highest BCUT2D eigenvalue weighted by atomic mass is 19.4. The lowest BCUT2D eigenvalue weighted by molar-refractivity contribution is -0.141. The highest BCUT2D eigenvalue weighted by molar-refractivity contribution is 5.94. The van der Waals surface area contributed by atoms with Crippen molar-refractivity contribution in [1.29, 1.82) is 0 Å². The summed E-state index contributed by atoms with van der Waals surface area (Å²) >= 11 is 0. The van der Waals surface area contributed by atoms with Crippen molar-refractivity contribution in [2.45, 2.75) is 70.9 Å². The van der Waals surface area contributed by atoms with Gasteiger partial charge in [-0.15, -0.1) is 0 Å². The molecule has 4 atom stereocenters. The van der Waals surface area contributed by atoms with E-state index in [4.69, 9.17) is 4.74 Å². The molecule has 4 rings (SSSR count). The fourth-order valence-corrected chi connectivity index (χ4v) is 5.22. The van der Waals surface area contributed by atoms with Crippen LogP contribution in [0.1, 0.15) is 65.5 Å². The summed E-state index contributed by atoms with van der Waals surface area (Å²) in [7, 11) is 0. The number of halogens is 3. The number of likely N-dealkylation sites (tertiary alicyclic amines) is 2. The van der Waals surface area contributed by atoms with Crippen molar-refractivity contribution >= 4 is 5.91 Å². The van der Waals surface area contributed by atoms with Crippen LogP contribution in [0.4, 0.5) is 13.2 Å². The molecule has 0 radical (unpaired) electrons. The molecule has 0 unspecified atom stereocenters. The maximum Gasteiger partial charge on any atom is 0.433 e. The second-order valence-electron chi connectivity index (χ2n) is 9.69. The first-order valence-corrected chi connectivity index (χ1v) is 12.0. The summed E-state index contributed by atoms with van der Waals surface area (Å²) < 4.78 is 44.2. The number of benzene rings is 1. The summed E-state index contributed by atoms with van der Waals surface area (Å²) in [6.45, 7) is 9.76. The number of amides is 1. The molecule has 3 heterocycles. The molecule has 1 aromatic heterocycles. The fraction of sp³-hybridized carbons (Fsp3) is 0.538. The predicted octanol–water partition coefficient (Wildman–Crippen LogP) is 4.53. The Labute approximate surface area is 203 Å². The van der Waals surface area contributed by atoms with E-state index in [9.17, 15) is 23.1 Å². The molecule has 35 heavy (non-hydrogen) atoms. The van der Waals surface area contributed by atoms with E-state index in [1.807, 2.05) is 13.0 Å². The zero-order valence-electron chi connectivity index (χ0n) is 20.5. The molecule has 2 bridgehead atoms. The molecule has 0 aliphatic carbocycles. The zero-order chi connectivity index (χ0) is 25.5. The number of aliphatic hydroxyl groups is 1. The first kappa shape index (κ1) is 25.4. The van der Waals surface area contributed by atoms with Gasteiger partial charge in [0.1, 0.15) is 11.4 Å². The SMILES string of the molecule is Cc1c(OCC[C@@H](C)O)ccc([C@H](C)N2C[C@@H]3C[C@H]2CN3C(=O)c2ccc(C(F)(F)F)nc2)c1C. The number of carbonyl (C=O) groups excluding carboxylic acids is 1. The number of nitrogens with zero attached hydrogens (tertiary/aromatic N) is 3. The number of aromatic nitrogens is 1. The minimum absolute atomic E-state index is 0.0294. The van der Waals surface area contributed by atoms with Crippen molar-refractivity contribution in [2.75, 3.05) is 19.7 Å². The molecule has 1 N–H and O–H groups in total. The van der Waals surface area contributed by atoms with Gasteiger partial charge in [-0.3, -0.25) is 14.7 Å². The van der Waals surface area contributed by atoms with Gasteiger partial charge in [-0.25, -0.2) is 0 Å². The third-order valence-corrected chi connectivity index (χ3v) is 7.36. The van der Waals surface area contributed by atoms with E-state index in [1.54, 1.807) is 11.8 Å². The number of carbonyl (C=O) groups is 1. The summed E-state index contributed by atoms with van der Waals surface area (Å²) in [5, 5.41) is 9.45. The van der Waals surface area contributed by atoms with Crippen LogP contribution in [-0.4, -0.2) is 63.7 Å². The number of hydrogen-bond acceptors (Lipinski definition) is 5. The van der Waals surface area contributed by atoms with Crippen molar-refractivity contribution in [3.8, 4) is 5.75 Å². The smallest absolute Gasteiger partial charge is 0.433 e. The third kappa shape index (κ3) is 5.16. The van der Waals surface area contributed by atoms with Gasteiger partial charge in [0.05, 0.1) is 18.3 Å². The van der Waals surface area contributed by atoms with Crippen molar-refractivity contribution in [3.63, 3.8) is 0 Å². The number of rotatable bonds is 7. The van der Waals surface area contributed by atoms with E-state index in [0.29, 0.717) is 19.6 Å². The van der Waals surface area contributed by atoms with Gasteiger partial charge in [-0.05, 0) is 69.0 Å².